The molecule has 0 atom stereocenters. The molecule has 0 unspecified atom stereocenters. The van der Waals surface area contributed by atoms with Gasteiger partial charge in [0.1, 0.15) is 6.33 Å². The van der Waals surface area contributed by atoms with Gasteiger partial charge in [0.05, 0.1) is 17.5 Å². The Hall–Kier alpha value is -2.94. The molecule has 0 aliphatic heterocycles. The van der Waals surface area contributed by atoms with Crippen LogP contribution in [0.4, 0.5) is 0 Å². The second-order valence-corrected chi connectivity index (χ2v) is 7.38. The molecule has 3 aromatic heterocycles. The van der Waals surface area contributed by atoms with Crippen molar-refractivity contribution in [3.05, 3.63) is 54.4 Å². The second-order valence-electron chi connectivity index (χ2n) is 6.43. The molecule has 138 valence electrons. The summed E-state index contributed by atoms with van der Waals surface area (Å²) in [5.74, 6) is 2.07. The summed E-state index contributed by atoms with van der Waals surface area (Å²) in [4.78, 5) is 4.42. The van der Waals surface area contributed by atoms with E-state index < -0.39 is 0 Å². The van der Waals surface area contributed by atoms with Crippen molar-refractivity contribution in [3.8, 4) is 17.1 Å². The van der Waals surface area contributed by atoms with Crippen LogP contribution in [0.1, 0.15) is 31.2 Å². The second kappa shape index (κ2) is 7.36. The van der Waals surface area contributed by atoms with Crippen molar-refractivity contribution in [2.75, 3.05) is 0 Å². The molecule has 0 N–H and O–H groups in total. The molecule has 0 saturated heterocycles. The van der Waals surface area contributed by atoms with Crippen molar-refractivity contribution in [2.24, 2.45) is 7.05 Å². The highest BCUT2D eigenvalue weighted by molar-refractivity contribution is 7.98. The fourth-order valence-electron chi connectivity index (χ4n) is 2.61. The molecule has 9 heteroatoms. The lowest BCUT2D eigenvalue weighted by molar-refractivity contribution is 0.391. The monoisotopic (exact) mass is 381 g/mol. The maximum absolute atomic E-state index is 5.34. The van der Waals surface area contributed by atoms with Crippen LogP contribution in [0.3, 0.4) is 0 Å². The SMILES string of the molecule is CC(C)c1ccc(-n2cnnc2SCc2nc(-c3cnn(C)c3)no2)cc1. The number of benzene rings is 1. The van der Waals surface area contributed by atoms with Crippen LogP contribution in [0.15, 0.2) is 52.7 Å². The van der Waals surface area contributed by atoms with Crippen molar-refractivity contribution < 1.29 is 4.52 Å². The predicted molar refractivity (Wildman–Crippen MR) is 102 cm³/mol. The summed E-state index contributed by atoms with van der Waals surface area (Å²) < 4.78 is 8.99. The van der Waals surface area contributed by atoms with Crippen LogP contribution in [0.5, 0.6) is 0 Å². The Kier molecular flexibility index (Phi) is 4.76. The largest absolute Gasteiger partial charge is 0.338 e. The minimum Gasteiger partial charge on any atom is -0.338 e. The molecule has 1 aromatic carbocycles. The molecular formula is C18H19N7OS. The molecule has 3 heterocycles. The van der Waals surface area contributed by atoms with E-state index in [-0.39, 0.29) is 0 Å². The Morgan fingerprint density at radius 3 is 2.70 bits per heavy atom. The first-order chi connectivity index (χ1) is 13.1. The first-order valence-electron chi connectivity index (χ1n) is 8.55. The van der Waals surface area contributed by atoms with E-state index in [0.717, 1.165) is 16.4 Å². The van der Waals surface area contributed by atoms with Crippen molar-refractivity contribution in [3.63, 3.8) is 0 Å². The van der Waals surface area contributed by atoms with E-state index >= 15 is 0 Å². The standard InChI is InChI=1S/C18H19N7OS/c1-12(2)13-4-6-15(7-5-13)25-11-19-22-18(25)27-10-16-21-17(23-26-16)14-8-20-24(3)9-14/h4-9,11-12H,10H2,1-3H3. The summed E-state index contributed by atoms with van der Waals surface area (Å²) in [6.07, 6.45) is 5.26. The first kappa shape index (κ1) is 17.5. The molecule has 0 saturated carbocycles. The van der Waals surface area contributed by atoms with Gasteiger partial charge < -0.3 is 4.52 Å². The molecule has 0 bridgehead atoms. The topological polar surface area (TPSA) is 87.5 Å². The Morgan fingerprint density at radius 2 is 2.00 bits per heavy atom. The summed E-state index contributed by atoms with van der Waals surface area (Å²) in [6, 6.07) is 8.42. The maximum atomic E-state index is 5.34. The van der Waals surface area contributed by atoms with Crippen molar-refractivity contribution >= 4 is 11.8 Å². The van der Waals surface area contributed by atoms with E-state index in [1.54, 1.807) is 17.2 Å². The summed E-state index contributed by atoms with van der Waals surface area (Å²) >= 11 is 1.50. The van der Waals surface area contributed by atoms with Crippen molar-refractivity contribution in [1.29, 1.82) is 0 Å². The third kappa shape index (κ3) is 3.77. The van der Waals surface area contributed by atoms with Gasteiger partial charge in [-0.25, -0.2) is 0 Å². The van der Waals surface area contributed by atoms with Gasteiger partial charge in [-0.3, -0.25) is 9.25 Å². The number of thioether (sulfide) groups is 1. The lowest BCUT2D eigenvalue weighted by atomic mass is 10.0. The molecule has 0 radical (unpaired) electrons. The van der Waals surface area contributed by atoms with Crippen LogP contribution < -0.4 is 0 Å². The number of hydrogen-bond acceptors (Lipinski definition) is 7. The third-order valence-corrected chi connectivity index (χ3v) is 5.04. The summed E-state index contributed by atoms with van der Waals surface area (Å²) in [5, 5.41) is 17.1. The molecule has 0 fully saturated rings. The van der Waals surface area contributed by atoms with Gasteiger partial charge in [0.25, 0.3) is 0 Å². The molecule has 4 aromatic rings. The van der Waals surface area contributed by atoms with Gasteiger partial charge in [-0.15, -0.1) is 10.2 Å². The van der Waals surface area contributed by atoms with Gasteiger partial charge >= 0.3 is 0 Å². The van der Waals surface area contributed by atoms with Crippen LogP contribution in [-0.2, 0) is 12.8 Å². The van der Waals surface area contributed by atoms with Crippen LogP contribution >= 0.6 is 11.8 Å². The zero-order valence-corrected chi connectivity index (χ0v) is 16.1. The number of nitrogens with zero attached hydrogens (tertiary/aromatic N) is 7. The zero-order chi connectivity index (χ0) is 18.8. The minimum absolute atomic E-state index is 0.500. The number of hydrogen-bond donors (Lipinski definition) is 0. The van der Waals surface area contributed by atoms with E-state index in [1.165, 1.54) is 17.3 Å². The number of aromatic nitrogens is 7. The van der Waals surface area contributed by atoms with E-state index in [2.05, 4.69) is 63.5 Å². The van der Waals surface area contributed by atoms with E-state index in [4.69, 9.17) is 4.52 Å². The number of aryl methyl sites for hydroxylation is 1. The number of rotatable bonds is 6. The minimum atomic E-state index is 0.500. The van der Waals surface area contributed by atoms with Gasteiger partial charge in [0, 0.05) is 18.9 Å². The smallest absolute Gasteiger partial charge is 0.237 e. The average molecular weight is 381 g/mol. The van der Waals surface area contributed by atoms with Crippen molar-refractivity contribution in [1.82, 2.24) is 34.7 Å². The summed E-state index contributed by atoms with van der Waals surface area (Å²) in [7, 11) is 1.85. The zero-order valence-electron chi connectivity index (χ0n) is 15.3. The molecule has 4 rings (SSSR count). The molecule has 0 aliphatic carbocycles. The van der Waals surface area contributed by atoms with E-state index in [9.17, 15) is 0 Å². The highest BCUT2D eigenvalue weighted by Crippen LogP contribution is 2.25. The highest BCUT2D eigenvalue weighted by atomic mass is 32.2. The van der Waals surface area contributed by atoms with Gasteiger partial charge in [0.2, 0.25) is 11.7 Å². The quantitative estimate of drug-likeness (QED) is 0.473. The molecule has 0 aliphatic rings. The average Bonchev–Trinajstić information content (AvgIpc) is 3.40. The van der Waals surface area contributed by atoms with E-state index in [1.807, 2.05) is 17.8 Å². The van der Waals surface area contributed by atoms with Gasteiger partial charge in [-0.1, -0.05) is 42.9 Å². The lowest BCUT2D eigenvalue weighted by Gasteiger charge is -2.08. The van der Waals surface area contributed by atoms with E-state index in [0.29, 0.717) is 23.4 Å². The summed E-state index contributed by atoms with van der Waals surface area (Å²) in [6.45, 7) is 4.36. The Labute approximate surface area is 160 Å². The molecule has 8 nitrogen and oxygen atoms in total. The normalized spacial score (nSPS) is 11.4. The van der Waals surface area contributed by atoms with Crippen molar-refractivity contribution in [2.45, 2.75) is 30.7 Å². The molecular weight excluding hydrogens is 362 g/mol. The molecule has 27 heavy (non-hydrogen) atoms. The van der Waals surface area contributed by atoms with Gasteiger partial charge in [0.15, 0.2) is 5.16 Å². The fourth-order valence-corrected chi connectivity index (χ4v) is 3.38. The predicted octanol–water partition coefficient (Wildman–Crippen LogP) is 3.47. The Balaban J connectivity index is 1.47. The maximum Gasteiger partial charge on any atom is 0.237 e. The van der Waals surface area contributed by atoms with Crippen LogP contribution in [-0.4, -0.2) is 34.7 Å². The Bertz CT molecular complexity index is 1030. The third-order valence-electron chi connectivity index (χ3n) is 4.11. The summed E-state index contributed by atoms with van der Waals surface area (Å²) in [5.41, 5.74) is 3.15. The molecule has 0 spiro atoms. The van der Waals surface area contributed by atoms with Crippen LogP contribution in [0, 0.1) is 0 Å². The highest BCUT2D eigenvalue weighted by Gasteiger charge is 2.13. The first-order valence-corrected chi connectivity index (χ1v) is 9.53. The van der Waals surface area contributed by atoms with Gasteiger partial charge in [-0.2, -0.15) is 10.1 Å². The van der Waals surface area contributed by atoms with Crippen LogP contribution in [0.25, 0.3) is 17.1 Å². The molecule has 0 amide bonds. The lowest BCUT2D eigenvalue weighted by Crippen LogP contribution is -1.96. The van der Waals surface area contributed by atoms with Crippen LogP contribution in [0.2, 0.25) is 0 Å². The fraction of sp³-hybridized carbons (Fsp3) is 0.278. The van der Waals surface area contributed by atoms with Gasteiger partial charge in [-0.05, 0) is 23.6 Å². The Morgan fingerprint density at radius 1 is 1.19 bits per heavy atom.